The largest absolute Gasteiger partial charge is 0.395 e. The van der Waals surface area contributed by atoms with E-state index in [1.807, 2.05) is 12.2 Å². The van der Waals surface area contributed by atoms with Crippen LogP contribution in [-0.2, 0) is 14.3 Å². The van der Waals surface area contributed by atoms with E-state index in [1.54, 1.807) is 0 Å². The second-order valence-corrected chi connectivity index (χ2v) is 13.0. The van der Waals surface area contributed by atoms with Gasteiger partial charge in [0.15, 0.2) is 0 Å². The Balaban J connectivity index is 1.50. The molecule has 7 N–H and O–H groups in total. The van der Waals surface area contributed by atoms with Gasteiger partial charge in [0.2, 0.25) is 5.91 Å². The van der Waals surface area contributed by atoms with Gasteiger partial charge >= 0.3 is 0 Å². The SMILES string of the molecule is CC(C)C[C@@H]1CCO[C@@H]2[C@H](CC[C@]2(N)C(=O)N[C@@H]2C/C=C\C[C@H](CO)SC3OC2C(O)C(O)C3O)C1. The second kappa shape index (κ2) is 12.0. The van der Waals surface area contributed by atoms with Crippen LogP contribution >= 0.6 is 11.8 Å². The van der Waals surface area contributed by atoms with Crippen LogP contribution < -0.4 is 11.1 Å². The van der Waals surface area contributed by atoms with Crippen molar-refractivity contribution in [1.29, 1.82) is 0 Å². The van der Waals surface area contributed by atoms with E-state index in [9.17, 15) is 25.2 Å². The van der Waals surface area contributed by atoms with E-state index in [4.69, 9.17) is 15.2 Å². The summed E-state index contributed by atoms with van der Waals surface area (Å²) >= 11 is 1.22. The molecule has 0 spiro atoms. The maximum absolute atomic E-state index is 13.7. The highest BCUT2D eigenvalue weighted by Crippen LogP contribution is 2.43. The van der Waals surface area contributed by atoms with E-state index < -0.39 is 41.4 Å². The van der Waals surface area contributed by atoms with Gasteiger partial charge in [-0.05, 0) is 62.7 Å². The molecule has 0 radical (unpaired) electrons. The second-order valence-electron chi connectivity index (χ2n) is 11.6. The molecule has 5 unspecified atom stereocenters. The van der Waals surface area contributed by atoms with Gasteiger partial charge in [0.05, 0.1) is 18.8 Å². The molecule has 4 rings (SSSR count). The molecular formula is C26H44N2O7S. The molecule has 3 aliphatic heterocycles. The third kappa shape index (κ3) is 5.96. The molecule has 36 heavy (non-hydrogen) atoms. The molecule has 2 bridgehead atoms. The zero-order valence-corrected chi connectivity index (χ0v) is 22.2. The molecule has 3 fully saturated rings. The number of carbonyl (C=O) groups excluding carboxylic acids is 1. The smallest absolute Gasteiger partial charge is 0.243 e. The molecule has 206 valence electrons. The highest BCUT2D eigenvalue weighted by Gasteiger charge is 2.54. The Morgan fingerprint density at radius 3 is 2.64 bits per heavy atom. The number of ether oxygens (including phenoxy) is 2. The minimum absolute atomic E-state index is 0.110. The summed E-state index contributed by atoms with van der Waals surface area (Å²) in [6.07, 6.45) is 3.77. The summed E-state index contributed by atoms with van der Waals surface area (Å²) in [6, 6.07) is -0.654. The van der Waals surface area contributed by atoms with Crippen LogP contribution in [0.4, 0.5) is 0 Å². The molecular weight excluding hydrogens is 484 g/mol. The van der Waals surface area contributed by atoms with Crippen molar-refractivity contribution >= 4 is 17.7 Å². The fourth-order valence-corrected chi connectivity index (χ4v) is 7.65. The molecule has 2 saturated heterocycles. The third-order valence-electron chi connectivity index (χ3n) is 8.36. The molecule has 3 heterocycles. The molecule has 11 atom stereocenters. The summed E-state index contributed by atoms with van der Waals surface area (Å²) in [6.45, 7) is 4.95. The Labute approximate surface area is 218 Å². The van der Waals surface area contributed by atoms with Crippen LogP contribution in [-0.4, -0.2) is 92.3 Å². The number of allylic oxidation sites excluding steroid dienone is 1. The lowest BCUT2D eigenvalue weighted by molar-refractivity contribution is -0.205. The molecule has 4 aliphatic rings. The topological polar surface area (TPSA) is 154 Å². The van der Waals surface area contributed by atoms with E-state index in [0.29, 0.717) is 37.7 Å². The summed E-state index contributed by atoms with van der Waals surface area (Å²) in [5.41, 5.74) is 4.76. The quantitative estimate of drug-likeness (QED) is 0.283. The van der Waals surface area contributed by atoms with Crippen LogP contribution in [0.5, 0.6) is 0 Å². The fraction of sp³-hybridized carbons (Fsp3) is 0.885. The van der Waals surface area contributed by atoms with Crippen molar-refractivity contribution in [2.24, 2.45) is 23.5 Å². The van der Waals surface area contributed by atoms with Crippen molar-refractivity contribution in [3.63, 3.8) is 0 Å². The zero-order chi connectivity index (χ0) is 26.0. The normalized spacial score (nSPS) is 46.6. The number of hydrogen-bond donors (Lipinski definition) is 6. The van der Waals surface area contributed by atoms with Crippen LogP contribution in [0.3, 0.4) is 0 Å². The lowest BCUT2D eigenvalue weighted by Crippen LogP contribution is -2.67. The van der Waals surface area contributed by atoms with Gasteiger partial charge in [-0.25, -0.2) is 0 Å². The number of thioether (sulfide) groups is 1. The average Bonchev–Trinajstić information content (AvgIpc) is 3.02. The number of nitrogens with two attached hydrogens (primary N) is 1. The van der Waals surface area contributed by atoms with Crippen LogP contribution in [0.25, 0.3) is 0 Å². The predicted octanol–water partition coefficient (Wildman–Crippen LogP) is 0.672. The first-order chi connectivity index (χ1) is 17.1. The van der Waals surface area contributed by atoms with Gasteiger partial charge in [-0.2, -0.15) is 0 Å². The maximum atomic E-state index is 13.7. The molecule has 1 saturated carbocycles. The first kappa shape index (κ1) is 28.3. The van der Waals surface area contributed by atoms with Gasteiger partial charge in [-0.1, -0.05) is 26.0 Å². The van der Waals surface area contributed by atoms with Crippen molar-refractivity contribution in [2.45, 2.75) is 112 Å². The summed E-state index contributed by atoms with van der Waals surface area (Å²) in [5.74, 6) is 1.09. The summed E-state index contributed by atoms with van der Waals surface area (Å²) in [7, 11) is 0. The fourth-order valence-electron chi connectivity index (χ4n) is 6.45. The molecule has 9 nitrogen and oxygen atoms in total. The lowest BCUT2D eigenvalue weighted by Gasteiger charge is -2.45. The number of amides is 1. The van der Waals surface area contributed by atoms with E-state index in [2.05, 4.69) is 19.2 Å². The summed E-state index contributed by atoms with van der Waals surface area (Å²) in [4.78, 5) is 13.7. The Kier molecular flexibility index (Phi) is 9.42. The zero-order valence-electron chi connectivity index (χ0n) is 21.4. The van der Waals surface area contributed by atoms with Crippen LogP contribution in [0.2, 0.25) is 0 Å². The number of aliphatic hydroxyl groups is 4. The average molecular weight is 529 g/mol. The lowest BCUT2D eigenvalue weighted by atomic mass is 9.84. The van der Waals surface area contributed by atoms with Gasteiger partial charge in [0, 0.05) is 11.9 Å². The Morgan fingerprint density at radius 1 is 1.17 bits per heavy atom. The van der Waals surface area contributed by atoms with Crippen LogP contribution in [0.1, 0.15) is 58.8 Å². The predicted molar refractivity (Wildman–Crippen MR) is 137 cm³/mol. The van der Waals surface area contributed by atoms with Crippen molar-refractivity contribution in [2.75, 3.05) is 13.2 Å². The molecule has 0 aromatic rings. The number of fused-ring (bicyclic) bond motifs is 3. The van der Waals surface area contributed by atoms with E-state index in [1.165, 1.54) is 11.8 Å². The monoisotopic (exact) mass is 528 g/mol. The highest BCUT2D eigenvalue weighted by molar-refractivity contribution is 8.00. The summed E-state index contributed by atoms with van der Waals surface area (Å²) in [5, 5.41) is 44.3. The van der Waals surface area contributed by atoms with Gasteiger partial charge in [-0.3, -0.25) is 4.79 Å². The Bertz CT molecular complexity index is 785. The number of hydrogen-bond acceptors (Lipinski definition) is 9. The number of carbonyl (C=O) groups is 1. The number of nitrogens with one attached hydrogen (secondary N) is 1. The molecule has 0 aromatic carbocycles. The van der Waals surface area contributed by atoms with Crippen molar-refractivity contribution in [3.05, 3.63) is 12.2 Å². The minimum Gasteiger partial charge on any atom is -0.395 e. The first-order valence-electron chi connectivity index (χ1n) is 13.5. The van der Waals surface area contributed by atoms with Gasteiger partial charge in [-0.15, -0.1) is 11.8 Å². The number of rotatable bonds is 5. The molecule has 0 aromatic heterocycles. The standard InChI is InChI=1S/C26H44N2O7S/c1-14(2)11-15-8-10-34-23-16(12-15)7-9-26(23,27)25(33)28-18-6-4-3-5-17(13-29)36-24-21(32)19(30)20(31)22(18)35-24/h3-4,14-24,29-32H,5-13,27H2,1-2H3,(H,28,33)/b4-3-/t15-,16+,17+,18+,19?,20?,21?,22?,23+,24?,26+/m0/s1. The van der Waals surface area contributed by atoms with Gasteiger partial charge in [0.25, 0.3) is 0 Å². The third-order valence-corrected chi connectivity index (χ3v) is 9.74. The van der Waals surface area contributed by atoms with Crippen LogP contribution in [0, 0.1) is 17.8 Å². The van der Waals surface area contributed by atoms with Gasteiger partial charge in [0.1, 0.15) is 35.4 Å². The Morgan fingerprint density at radius 2 is 1.92 bits per heavy atom. The summed E-state index contributed by atoms with van der Waals surface area (Å²) < 4.78 is 12.3. The number of aliphatic hydroxyl groups excluding tert-OH is 4. The molecule has 10 heteroatoms. The molecule has 1 aliphatic carbocycles. The Hall–Kier alpha value is -0.720. The van der Waals surface area contributed by atoms with Crippen molar-refractivity contribution in [1.82, 2.24) is 5.32 Å². The van der Waals surface area contributed by atoms with Crippen LogP contribution in [0.15, 0.2) is 12.2 Å². The van der Waals surface area contributed by atoms with Crippen molar-refractivity contribution < 1.29 is 34.7 Å². The first-order valence-corrected chi connectivity index (χ1v) is 14.4. The highest BCUT2D eigenvalue weighted by atomic mass is 32.2. The van der Waals surface area contributed by atoms with E-state index in [-0.39, 0.29) is 29.8 Å². The van der Waals surface area contributed by atoms with E-state index >= 15 is 0 Å². The van der Waals surface area contributed by atoms with E-state index in [0.717, 1.165) is 25.7 Å². The molecule has 1 amide bonds. The maximum Gasteiger partial charge on any atom is 0.243 e. The van der Waals surface area contributed by atoms with Crippen molar-refractivity contribution in [3.8, 4) is 0 Å². The van der Waals surface area contributed by atoms with Gasteiger partial charge < -0.3 is 41.0 Å². The minimum atomic E-state index is -1.44.